The zero-order chi connectivity index (χ0) is 9.26. The third kappa shape index (κ3) is 1.41. The molecular formula is C10H10FNO. The first kappa shape index (κ1) is 8.23. The lowest BCUT2D eigenvalue weighted by atomic mass is 10.1. The first-order chi connectivity index (χ1) is 6.29. The van der Waals surface area contributed by atoms with E-state index in [4.69, 9.17) is 0 Å². The van der Waals surface area contributed by atoms with E-state index < -0.39 is 5.82 Å². The summed E-state index contributed by atoms with van der Waals surface area (Å²) in [6.07, 6.45) is 1.03. The molecule has 1 aromatic rings. The number of rotatable bonds is 1. The Morgan fingerprint density at radius 1 is 1.31 bits per heavy atom. The minimum absolute atomic E-state index is 0.183. The maximum atomic E-state index is 13.1. The van der Waals surface area contributed by atoms with Crippen LogP contribution in [0.3, 0.4) is 0 Å². The van der Waals surface area contributed by atoms with Crippen molar-refractivity contribution >= 4 is 5.91 Å². The standard InChI is InChI=1S/C10H10FNO/c11-9-5-2-1-4-8(9)10(13)12-6-3-7-12/h1-2,4-5H,3,6-7H2. The lowest BCUT2D eigenvalue weighted by molar-refractivity contribution is 0.0647. The molecule has 1 amide bonds. The zero-order valence-corrected chi connectivity index (χ0v) is 7.16. The molecule has 1 fully saturated rings. The average molecular weight is 179 g/mol. The van der Waals surface area contributed by atoms with Crippen molar-refractivity contribution in [3.05, 3.63) is 35.6 Å². The van der Waals surface area contributed by atoms with E-state index in [0.717, 1.165) is 19.5 Å². The molecule has 68 valence electrons. The Morgan fingerprint density at radius 2 is 2.00 bits per heavy atom. The van der Waals surface area contributed by atoms with Crippen LogP contribution < -0.4 is 0 Å². The molecule has 0 spiro atoms. The molecule has 1 heterocycles. The summed E-state index contributed by atoms with van der Waals surface area (Å²) in [7, 11) is 0. The van der Waals surface area contributed by atoms with Crippen LogP contribution in [-0.2, 0) is 0 Å². The molecule has 1 aliphatic rings. The van der Waals surface area contributed by atoms with E-state index in [1.54, 1.807) is 17.0 Å². The van der Waals surface area contributed by atoms with Crippen LogP contribution in [0.2, 0.25) is 0 Å². The number of benzene rings is 1. The smallest absolute Gasteiger partial charge is 0.256 e. The van der Waals surface area contributed by atoms with E-state index in [-0.39, 0.29) is 11.5 Å². The van der Waals surface area contributed by atoms with Gasteiger partial charge in [-0.2, -0.15) is 0 Å². The maximum Gasteiger partial charge on any atom is 0.256 e. The highest BCUT2D eigenvalue weighted by atomic mass is 19.1. The quantitative estimate of drug-likeness (QED) is 0.642. The van der Waals surface area contributed by atoms with Crippen LogP contribution in [0.1, 0.15) is 16.8 Å². The molecule has 0 saturated carbocycles. The molecule has 3 heteroatoms. The number of amides is 1. The van der Waals surface area contributed by atoms with Crippen molar-refractivity contribution < 1.29 is 9.18 Å². The highest BCUT2D eigenvalue weighted by molar-refractivity contribution is 5.94. The number of halogens is 1. The second-order valence-corrected chi connectivity index (χ2v) is 3.13. The molecule has 1 aliphatic heterocycles. The van der Waals surface area contributed by atoms with Gasteiger partial charge in [-0.05, 0) is 18.6 Å². The van der Waals surface area contributed by atoms with Crippen molar-refractivity contribution in [2.24, 2.45) is 0 Å². The van der Waals surface area contributed by atoms with Gasteiger partial charge in [-0.1, -0.05) is 12.1 Å². The zero-order valence-electron chi connectivity index (χ0n) is 7.16. The van der Waals surface area contributed by atoms with Crippen LogP contribution in [0.25, 0.3) is 0 Å². The summed E-state index contributed by atoms with van der Waals surface area (Å²) in [5, 5.41) is 0. The number of hydrogen-bond acceptors (Lipinski definition) is 1. The van der Waals surface area contributed by atoms with Gasteiger partial charge in [0.25, 0.3) is 5.91 Å². The monoisotopic (exact) mass is 179 g/mol. The molecule has 2 rings (SSSR count). The molecule has 1 saturated heterocycles. The Hall–Kier alpha value is -1.38. The molecular weight excluding hydrogens is 169 g/mol. The fraction of sp³-hybridized carbons (Fsp3) is 0.300. The largest absolute Gasteiger partial charge is 0.338 e. The summed E-state index contributed by atoms with van der Waals surface area (Å²) in [5.41, 5.74) is 0.183. The lowest BCUT2D eigenvalue weighted by Gasteiger charge is -2.30. The van der Waals surface area contributed by atoms with Crippen molar-refractivity contribution in [3.63, 3.8) is 0 Å². The topological polar surface area (TPSA) is 20.3 Å². The van der Waals surface area contributed by atoms with Gasteiger partial charge >= 0.3 is 0 Å². The van der Waals surface area contributed by atoms with E-state index in [1.807, 2.05) is 0 Å². The molecule has 0 atom stereocenters. The predicted molar refractivity (Wildman–Crippen MR) is 46.9 cm³/mol. The molecule has 0 N–H and O–H groups in total. The second kappa shape index (κ2) is 3.17. The number of hydrogen-bond donors (Lipinski definition) is 0. The minimum atomic E-state index is -0.431. The molecule has 0 radical (unpaired) electrons. The maximum absolute atomic E-state index is 13.1. The summed E-state index contributed by atoms with van der Waals surface area (Å²) in [5.74, 6) is -0.622. The molecule has 13 heavy (non-hydrogen) atoms. The van der Waals surface area contributed by atoms with Gasteiger partial charge in [0.2, 0.25) is 0 Å². The summed E-state index contributed by atoms with van der Waals surface area (Å²) in [4.78, 5) is 13.2. The number of carbonyl (C=O) groups is 1. The minimum Gasteiger partial charge on any atom is -0.338 e. The summed E-state index contributed by atoms with van der Waals surface area (Å²) in [6.45, 7) is 1.51. The van der Waals surface area contributed by atoms with E-state index in [0.29, 0.717) is 0 Å². The Bertz CT molecular complexity index is 333. The van der Waals surface area contributed by atoms with Crippen molar-refractivity contribution in [1.82, 2.24) is 4.90 Å². The fourth-order valence-corrected chi connectivity index (χ4v) is 1.32. The normalized spacial score (nSPS) is 15.3. The molecule has 0 bridgehead atoms. The van der Waals surface area contributed by atoms with Crippen LogP contribution in [0.4, 0.5) is 4.39 Å². The summed E-state index contributed by atoms with van der Waals surface area (Å²) < 4.78 is 13.1. The Labute approximate surface area is 76.0 Å². The van der Waals surface area contributed by atoms with Crippen LogP contribution in [-0.4, -0.2) is 23.9 Å². The van der Waals surface area contributed by atoms with Crippen molar-refractivity contribution in [2.75, 3.05) is 13.1 Å². The first-order valence-corrected chi connectivity index (χ1v) is 4.33. The van der Waals surface area contributed by atoms with Gasteiger partial charge in [0.05, 0.1) is 5.56 Å². The number of nitrogens with zero attached hydrogens (tertiary/aromatic N) is 1. The van der Waals surface area contributed by atoms with Crippen molar-refractivity contribution in [2.45, 2.75) is 6.42 Å². The third-order valence-electron chi connectivity index (χ3n) is 2.25. The third-order valence-corrected chi connectivity index (χ3v) is 2.25. The second-order valence-electron chi connectivity index (χ2n) is 3.13. The van der Waals surface area contributed by atoms with E-state index in [9.17, 15) is 9.18 Å². The van der Waals surface area contributed by atoms with Gasteiger partial charge < -0.3 is 4.90 Å². The lowest BCUT2D eigenvalue weighted by Crippen LogP contribution is -2.42. The number of likely N-dealkylation sites (tertiary alicyclic amines) is 1. The van der Waals surface area contributed by atoms with Gasteiger partial charge in [-0.3, -0.25) is 4.79 Å². The Balaban J connectivity index is 2.24. The first-order valence-electron chi connectivity index (χ1n) is 4.33. The predicted octanol–water partition coefficient (Wildman–Crippen LogP) is 1.67. The van der Waals surface area contributed by atoms with E-state index in [2.05, 4.69) is 0 Å². The van der Waals surface area contributed by atoms with E-state index >= 15 is 0 Å². The van der Waals surface area contributed by atoms with Gasteiger partial charge in [0.15, 0.2) is 0 Å². The fourth-order valence-electron chi connectivity index (χ4n) is 1.32. The van der Waals surface area contributed by atoms with Crippen LogP contribution in [0, 0.1) is 5.82 Å². The molecule has 0 aliphatic carbocycles. The summed E-state index contributed by atoms with van der Waals surface area (Å²) >= 11 is 0. The Morgan fingerprint density at radius 3 is 2.54 bits per heavy atom. The summed E-state index contributed by atoms with van der Waals surface area (Å²) in [6, 6.07) is 6.10. The highest BCUT2D eigenvalue weighted by Gasteiger charge is 2.23. The van der Waals surface area contributed by atoms with Crippen LogP contribution in [0.15, 0.2) is 24.3 Å². The van der Waals surface area contributed by atoms with Crippen LogP contribution >= 0.6 is 0 Å². The van der Waals surface area contributed by atoms with Gasteiger partial charge in [0.1, 0.15) is 5.82 Å². The molecule has 2 nitrogen and oxygen atoms in total. The Kier molecular flexibility index (Phi) is 2.00. The number of carbonyl (C=O) groups excluding carboxylic acids is 1. The molecule has 0 unspecified atom stereocenters. The van der Waals surface area contributed by atoms with Gasteiger partial charge in [-0.15, -0.1) is 0 Å². The van der Waals surface area contributed by atoms with E-state index in [1.165, 1.54) is 12.1 Å². The SMILES string of the molecule is O=C(c1ccccc1F)N1CCC1. The van der Waals surface area contributed by atoms with Crippen LogP contribution in [0.5, 0.6) is 0 Å². The average Bonchev–Trinajstić information content (AvgIpc) is 2.01. The van der Waals surface area contributed by atoms with Gasteiger partial charge in [0, 0.05) is 13.1 Å². The van der Waals surface area contributed by atoms with Crippen molar-refractivity contribution in [1.29, 1.82) is 0 Å². The molecule has 1 aromatic carbocycles. The van der Waals surface area contributed by atoms with Crippen molar-refractivity contribution in [3.8, 4) is 0 Å². The molecule has 0 aromatic heterocycles. The van der Waals surface area contributed by atoms with Gasteiger partial charge in [-0.25, -0.2) is 4.39 Å². The highest BCUT2D eigenvalue weighted by Crippen LogP contribution is 2.14.